The Morgan fingerprint density at radius 1 is 0.938 bits per heavy atom. The van der Waals surface area contributed by atoms with Gasteiger partial charge in [0.05, 0.1) is 10.7 Å². The van der Waals surface area contributed by atoms with Crippen molar-refractivity contribution >= 4 is 29.0 Å². The molecule has 0 unspecified atom stereocenters. The second-order valence-electron chi connectivity index (χ2n) is 7.54. The molecule has 32 heavy (non-hydrogen) atoms. The average Bonchev–Trinajstić information content (AvgIpc) is 3.16. The first-order valence-corrected chi connectivity index (χ1v) is 11.0. The molecule has 2 aromatic carbocycles. The van der Waals surface area contributed by atoms with E-state index in [1.165, 1.54) is 47.7 Å². The first kappa shape index (κ1) is 21.9. The second kappa shape index (κ2) is 9.44. The van der Waals surface area contributed by atoms with Crippen LogP contribution in [0, 0.1) is 18.6 Å². The molecule has 1 fully saturated rings. The highest BCUT2D eigenvalue weighted by molar-refractivity contribution is 7.13. The highest BCUT2D eigenvalue weighted by Crippen LogP contribution is 2.23. The fourth-order valence-electron chi connectivity index (χ4n) is 3.50. The standard InChI is InChI=1S/C23H22F2N4O2S/c1-15-21(32-20(26-15)14-16-2-4-17(24)5-3-16)22(30)28-10-12-29(13-11-28)23(31)27-19-8-6-18(25)7-9-19/h2-9H,10-14H2,1H3,(H,27,31). The van der Waals surface area contributed by atoms with Gasteiger partial charge >= 0.3 is 6.03 Å². The third-order valence-corrected chi connectivity index (χ3v) is 6.40. The lowest BCUT2D eigenvalue weighted by Gasteiger charge is -2.34. The molecule has 6 nitrogen and oxygen atoms in total. The number of aryl methyl sites for hydroxylation is 1. The summed E-state index contributed by atoms with van der Waals surface area (Å²) < 4.78 is 26.1. The fraction of sp³-hybridized carbons (Fsp3) is 0.261. The number of halogens is 2. The number of carbonyl (C=O) groups is 2. The van der Waals surface area contributed by atoms with Crippen LogP contribution < -0.4 is 5.32 Å². The Balaban J connectivity index is 1.34. The number of hydrogen-bond acceptors (Lipinski definition) is 4. The topological polar surface area (TPSA) is 65.5 Å². The molecule has 166 valence electrons. The molecule has 9 heteroatoms. The zero-order valence-corrected chi connectivity index (χ0v) is 18.3. The predicted molar refractivity (Wildman–Crippen MR) is 119 cm³/mol. The maximum atomic E-state index is 13.1. The summed E-state index contributed by atoms with van der Waals surface area (Å²) in [4.78, 5) is 33.9. The SMILES string of the molecule is Cc1nc(Cc2ccc(F)cc2)sc1C(=O)N1CCN(C(=O)Nc2ccc(F)cc2)CC1. The minimum atomic E-state index is -0.366. The zero-order chi connectivity index (χ0) is 22.7. The van der Waals surface area contributed by atoms with Crippen LogP contribution in [0.4, 0.5) is 19.3 Å². The van der Waals surface area contributed by atoms with Gasteiger partial charge in [0.15, 0.2) is 0 Å². The van der Waals surface area contributed by atoms with Gasteiger partial charge in [0.1, 0.15) is 16.5 Å². The van der Waals surface area contributed by atoms with Crippen molar-refractivity contribution in [1.29, 1.82) is 0 Å². The smallest absolute Gasteiger partial charge is 0.321 e. The molecule has 0 radical (unpaired) electrons. The molecule has 0 spiro atoms. The summed E-state index contributed by atoms with van der Waals surface area (Å²) in [5.74, 6) is -0.747. The van der Waals surface area contributed by atoms with E-state index in [0.717, 1.165) is 10.6 Å². The lowest BCUT2D eigenvalue weighted by atomic mass is 10.1. The van der Waals surface area contributed by atoms with Crippen molar-refractivity contribution in [3.05, 3.63) is 81.3 Å². The van der Waals surface area contributed by atoms with Crippen molar-refractivity contribution in [3.8, 4) is 0 Å². The van der Waals surface area contributed by atoms with E-state index in [0.29, 0.717) is 48.9 Å². The van der Waals surface area contributed by atoms with Crippen LogP contribution in [0.15, 0.2) is 48.5 Å². The number of carbonyl (C=O) groups excluding carboxylic acids is 2. The third kappa shape index (κ3) is 5.11. The van der Waals surface area contributed by atoms with Gasteiger partial charge in [0.2, 0.25) is 0 Å². The molecule has 2 heterocycles. The van der Waals surface area contributed by atoms with E-state index >= 15 is 0 Å². The molecule has 0 atom stereocenters. The molecular weight excluding hydrogens is 434 g/mol. The lowest BCUT2D eigenvalue weighted by Crippen LogP contribution is -2.51. The van der Waals surface area contributed by atoms with Crippen LogP contribution in [0.5, 0.6) is 0 Å². The Labute approximate surface area is 188 Å². The fourth-order valence-corrected chi connectivity index (χ4v) is 4.56. The number of thiazole rings is 1. The van der Waals surface area contributed by atoms with Crippen LogP contribution in [-0.4, -0.2) is 52.9 Å². The van der Waals surface area contributed by atoms with Gasteiger partial charge in [0.25, 0.3) is 5.91 Å². The number of hydrogen-bond donors (Lipinski definition) is 1. The third-order valence-electron chi connectivity index (χ3n) is 5.25. The first-order chi connectivity index (χ1) is 15.4. The number of amides is 3. The van der Waals surface area contributed by atoms with Gasteiger partial charge in [-0.3, -0.25) is 4.79 Å². The van der Waals surface area contributed by atoms with Crippen molar-refractivity contribution < 1.29 is 18.4 Å². The monoisotopic (exact) mass is 456 g/mol. The second-order valence-corrected chi connectivity index (χ2v) is 8.63. The van der Waals surface area contributed by atoms with Crippen LogP contribution in [0.2, 0.25) is 0 Å². The number of urea groups is 1. The Morgan fingerprint density at radius 3 is 2.12 bits per heavy atom. The van der Waals surface area contributed by atoms with Crippen molar-refractivity contribution in [1.82, 2.24) is 14.8 Å². The van der Waals surface area contributed by atoms with Crippen molar-refractivity contribution in [3.63, 3.8) is 0 Å². The van der Waals surface area contributed by atoms with Gasteiger partial charge in [-0.25, -0.2) is 18.6 Å². The van der Waals surface area contributed by atoms with Gasteiger partial charge in [-0.05, 0) is 48.9 Å². The average molecular weight is 457 g/mol. The molecule has 1 aromatic heterocycles. The van der Waals surface area contributed by atoms with E-state index in [4.69, 9.17) is 0 Å². The van der Waals surface area contributed by atoms with E-state index in [-0.39, 0.29) is 23.6 Å². The van der Waals surface area contributed by atoms with Gasteiger partial charge in [-0.1, -0.05) is 12.1 Å². The maximum absolute atomic E-state index is 13.1. The normalized spacial score (nSPS) is 13.8. The largest absolute Gasteiger partial charge is 0.334 e. The van der Waals surface area contributed by atoms with Crippen LogP contribution in [0.3, 0.4) is 0 Å². The van der Waals surface area contributed by atoms with E-state index in [1.54, 1.807) is 21.9 Å². The van der Waals surface area contributed by atoms with Crippen molar-refractivity contribution in [2.45, 2.75) is 13.3 Å². The van der Waals surface area contributed by atoms with Gasteiger partial charge in [0, 0.05) is 38.3 Å². The number of anilines is 1. The van der Waals surface area contributed by atoms with E-state index in [9.17, 15) is 18.4 Å². The first-order valence-electron chi connectivity index (χ1n) is 10.2. The number of rotatable bonds is 4. The highest BCUT2D eigenvalue weighted by Gasteiger charge is 2.27. The molecule has 1 aliphatic rings. The Bertz CT molecular complexity index is 1110. The molecule has 0 bridgehead atoms. The number of piperazine rings is 1. The van der Waals surface area contributed by atoms with E-state index in [2.05, 4.69) is 10.3 Å². The molecule has 1 aliphatic heterocycles. The van der Waals surface area contributed by atoms with Crippen LogP contribution in [-0.2, 0) is 6.42 Å². The Hall–Kier alpha value is -3.33. The molecule has 1 saturated heterocycles. The molecule has 0 aliphatic carbocycles. The van der Waals surface area contributed by atoms with E-state index < -0.39 is 0 Å². The van der Waals surface area contributed by atoms with Gasteiger partial charge in [-0.15, -0.1) is 11.3 Å². The molecule has 3 amide bonds. The molecule has 0 saturated carbocycles. The van der Waals surface area contributed by atoms with Crippen LogP contribution in [0.25, 0.3) is 0 Å². The summed E-state index contributed by atoms with van der Waals surface area (Å²) in [7, 11) is 0. The summed E-state index contributed by atoms with van der Waals surface area (Å²) in [6.45, 7) is 3.45. The van der Waals surface area contributed by atoms with Crippen molar-refractivity contribution in [2.75, 3.05) is 31.5 Å². The number of nitrogens with zero attached hydrogens (tertiary/aromatic N) is 3. The van der Waals surface area contributed by atoms with Crippen LogP contribution in [0.1, 0.15) is 25.9 Å². The van der Waals surface area contributed by atoms with E-state index in [1.807, 2.05) is 6.92 Å². The van der Waals surface area contributed by atoms with Gasteiger partial charge < -0.3 is 15.1 Å². The predicted octanol–water partition coefficient (Wildman–Crippen LogP) is 4.31. The quantitative estimate of drug-likeness (QED) is 0.636. The highest BCUT2D eigenvalue weighted by atomic mass is 32.1. The molecular formula is C23H22F2N4O2S. The molecule has 1 N–H and O–H groups in total. The number of benzene rings is 2. The Kier molecular flexibility index (Phi) is 6.45. The summed E-state index contributed by atoms with van der Waals surface area (Å²) in [5.41, 5.74) is 2.12. The maximum Gasteiger partial charge on any atom is 0.321 e. The minimum absolute atomic E-state index is 0.0936. The van der Waals surface area contributed by atoms with Gasteiger partial charge in [-0.2, -0.15) is 0 Å². The molecule has 3 aromatic rings. The Morgan fingerprint density at radius 2 is 1.50 bits per heavy atom. The van der Waals surface area contributed by atoms with Crippen molar-refractivity contribution in [2.24, 2.45) is 0 Å². The summed E-state index contributed by atoms with van der Waals surface area (Å²) in [6, 6.07) is 11.5. The van der Waals surface area contributed by atoms with Crippen LogP contribution >= 0.6 is 11.3 Å². The summed E-state index contributed by atoms with van der Waals surface area (Å²) in [5, 5.41) is 3.54. The number of nitrogens with one attached hydrogen (secondary N) is 1. The zero-order valence-electron chi connectivity index (χ0n) is 17.5. The molecule has 4 rings (SSSR count). The number of aromatic nitrogens is 1. The lowest BCUT2D eigenvalue weighted by molar-refractivity contribution is 0.0675. The summed E-state index contributed by atoms with van der Waals surface area (Å²) >= 11 is 1.35. The summed E-state index contributed by atoms with van der Waals surface area (Å²) in [6.07, 6.45) is 0.538. The minimum Gasteiger partial charge on any atom is -0.334 e.